The summed E-state index contributed by atoms with van der Waals surface area (Å²) in [6.45, 7) is 0. The molecule has 0 amide bonds. The SMILES string of the molecule is Cl.Cl.N=C(Nc1ccc(Oc2ccc(Oc3ccc(NC(=N)c4ccc(-c5ccccc5)cc4)cc3)cc2)cc1)c1ccc(-c2ccccc2)cc1. The van der Waals surface area contributed by atoms with Gasteiger partial charge in [0.05, 0.1) is 0 Å². The Morgan fingerprint density at radius 3 is 0.904 bits per heavy atom. The Morgan fingerprint density at radius 2 is 0.596 bits per heavy atom. The van der Waals surface area contributed by atoms with Crippen molar-refractivity contribution in [1.82, 2.24) is 0 Å². The van der Waals surface area contributed by atoms with Gasteiger partial charge in [-0.2, -0.15) is 0 Å². The summed E-state index contributed by atoms with van der Waals surface area (Å²) in [5, 5.41) is 23.3. The largest absolute Gasteiger partial charge is 0.457 e. The van der Waals surface area contributed by atoms with E-state index in [0.29, 0.717) is 34.7 Å². The lowest BCUT2D eigenvalue weighted by atomic mass is 10.0. The molecule has 52 heavy (non-hydrogen) atoms. The summed E-state index contributed by atoms with van der Waals surface area (Å²) in [5.74, 6) is 3.37. The average Bonchev–Trinajstić information content (AvgIpc) is 3.18. The Morgan fingerprint density at radius 1 is 0.327 bits per heavy atom. The second-order valence-corrected chi connectivity index (χ2v) is 11.6. The molecular formula is C44H36Cl2N4O2. The van der Waals surface area contributed by atoms with Crippen molar-refractivity contribution in [2.24, 2.45) is 0 Å². The van der Waals surface area contributed by atoms with E-state index in [1.165, 1.54) is 0 Å². The molecule has 0 spiro atoms. The molecule has 0 fully saturated rings. The van der Waals surface area contributed by atoms with Gasteiger partial charge in [0.1, 0.15) is 34.7 Å². The molecular weight excluding hydrogens is 687 g/mol. The molecule has 0 aromatic heterocycles. The van der Waals surface area contributed by atoms with Gasteiger partial charge in [-0.25, -0.2) is 0 Å². The van der Waals surface area contributed by atoms with Crippen LogP contribution in [0.15, 0.2) is 182 Å². The Kier molecular flexibility index (Phi) is 12.5. The van der Waals surface area contributed by atoms with Crippen LogP contribution in [-0.4, -0.2) is 11.7 Å². The van der Waals surface area contributed by atoms with E-state index in [-0.39, 0.29) is 24.8 Å². The van der Waals surface area contributed by atoms with Gasteiger partial charge in [0.15, 0.2) is 0 Å². The van der Waals surface area contributed by atoms with E-state index in [0.717, 1.165) is 44.8 Å². The first-order valence-corrected chi connectivity index (χ1v) is 16.2. The molecule has 0 aliphatic rings. The number of ether oxygens (including phenoxy) is 2. The summed E-state index contributed by atoms with van der Waals surface area (Å²) in [6, 6.07) is 58.8. The molecule has 4 N–H and O–H groups in total. The molecule has 0 heterocycles. The van der Waals surface area contributed by atoms with Crippen LogP contribution >= 0.6 is 24.8 Å². The third-order valence-electron chi connectivity index (χ3n) is 8.10. The number of nitrogens with one attached hydrogen (secondary N) is 4. The Labute approximate surface area is 316 Å². The molecule has 258 valence electrons. The second-order valence-electron chi connectivity index (χ2n) is 11.6. The van der Waals surface area contributed by atoms with Crippen molar-refractivity contribution in [2.75, 3.05) is 10.6 Å². The van der Waals surface area contributed by atoms with Gasteiger partial charge in [0.25, 0.3) is 0 Å². The first kappa shape index (κ1) is 36.9. The van der Waals surface area contributed by atoms with E-state index in [4.69, 9.17) is 20.3 Å². The van der Waals surface area contributed by atoms with Gasteiger partial charge in [-0.15, -0.1) is 24.8 Å². The lowest BCUT2D eigenvalue weighted by Gasteiger charge is -2.12. The summed E-state index contributed by atoms with van der Waals surface area (Å²) < 4.78 is 12.1. The van der Waals surface area contributed by atoms with Gasteiger partial charge in [-0.05, 0) is 95.1 Å². The zero-order valence-corrected chi connectivity index (χ0v) is 29.6. The van der Waals surface area contributed by atoms with Crippen LogP contribution in [-0.2, 0) is 0 Å². The maximum Gasteiger partial charge on any atom is 0.129 e. The number of amidine groups is 2. The number of rotatable bonds is 10. The predicted molar refractivity (Wildman–Crippen MR) is 219 cm³/mol. The van der Waals surface area contributed by atoms with Crippen molar-refractivity contribution < 1.29 is 9.47 Å². The number of hydrogen-bond acceptors (Lipinski definition) is 4. The zero-order valence-electron chi connectivity index (χ0n) is 28.0. The monoisotopic (exact) mass is 722 g/mol. The first-order chi connectivity index (χ1) is 24.6. The maximum atomic E-state index is 8.51. The van der Waals surface area contributed by atoms with Gasteiger partial charge < -0.3 is 20.1 Å². The minimum Gasteiger partial charge on any atom is -0.457 e. The average molecular weight is 724 g/mol. The van der Waals surface area contributed by atoms with Crippen LogP contribution in [0.3, 0.4) is 0 Å². The van der Waals surface area contributed by atoms with E-state index < -0.39 is 0 Å². The second kappa shape index (κ2) is 17.5. The minimum atomic E-state index is 0. The van der Waals surface area contributed by atoms with Crippen LogP contribution in [0.2, 0.25) is 0 Å². The fourth-order valence-electron chi connectivity index (χ4n) is 5.41. The normalized spacial score (nSPS) is 10.2. The molecule has 7 rings (SSSR count). The number of halogens is 2. The predicted octanol–water partition coefficient (Wildman–Crippen LogP) is 12.3. The highest BCUT2D eigenvalue weighted by molar-refractivity contribution is 6.07. The first-order valence-electron chi connectivity index (χ1n) is 16.2. The fourth-order valence-corrected chi connectivity index (χ4v) is 5.41. The standard InChI is InChI=1S/C44H34N4O2.2ClH/c45-43(35-15-11-33(12-16-35)31-7-3-1-4-8-31)47-37-19-23-39(24-20-37)49-41-27-29-42(30-28-41)50-40-25-21-38(22-26-40)48-44(46)36-17-13-34(14-18-36)32-9-5-2-6-10-32;;/h1-30H,(H2,45,47)(H2,46,48);2*1H. The molecule has 8 heteroatoms. The van der Waals surface area contributed by atoms with Crippen molar-refractivity contribution in [3.8, 4) is 45.3 Å². The highest BCUT2D eigenvalue weighted by Gasteiger charge is 2.07. The maximum absolute atomic E-state index is 8.51. The van der Waals surface area contributed by atoms with Crippen molar-refractivity contribution in [1.29, 1.82) is 10.8 Å². The highest BCUT2D eigenvalue weighted by atomic mass is 35.5. The van der Waals surface area contributed by atoms with Crippen LogP contribution in [0, 0.1) is 10.8 Å². The van der Waals surface area contributed by atoms with E-state index in [1.54, 1.807) is 0 Å². The lowest BCUT2D eigenvalue weighted by Crippen LogP contribution is -2.11. The van der Waals surface area contributed by atoms with Crippen molar-refractivity contribution in [3.63, 3.8) is 0 Å². The lowest BCUT2D eigenvalue weighted by molar-refractivity contribution is 0.469. The zero-order chi connectivity index (χ0) is 34.1. The molecule has 0 saturated heterocycles. The van der Waals surface area contributed by atoms with Gasteiger partial charge in [-0.3, -0.25) is 10.8 Å². The van der Waals surface area contributed by atoms with Gasteiger partial charge >= 0.3 is 0 Å². The molecule has 7 aromatic rings. The smallest absolute Gasteiger partial charge is 0.129 e. The highest BCUT2D eigenvalue weighted by Crippen LogP contribution is 2.29. The topological polar surface area (TPSA) is 90.2 Å². The van der Waals surface area contributed by atoms with Crippen LogP contribution in [0.5, 0.6) is 23.0 Å². The summed E-state index contributed by atoms with van der Waals surface area (Å²) in [6.07, 6.45) is 0. The Balaban J connectivity index is 0.00000261. The number of benzene rings is 7. The molecule has 6 nitrogen and oxygen atoms in total. The Bertz CT molecular complexity index is 2030. The van der Waals surface area contributed by atoms with E-state index in [9.17, 15) is 0 Å². The molecule has 0 radical (unpaired) electrons. The molecule has 0 aliphatic carbocycles. The molecule has 0 unspecified atom stereocenters. The fraction of sp³-hybridized carbons (Fsp3) is 0. The van der Waals surface area contributed by atoms with Crippen LogP contribution in [0.25, 0.3) is 22.3 Å². The summed E-state index contributed by atoms with van der Waals surface area (Å²) in [4.78, 5) is 0. The molecule has 0 aliphatic heterocycles. The molecule has 0 saturated carbocycles. The summed E-state index contributed by atoms with van der Waals surface area (Å²) in [7, 11) is 0. The van der Waals surface area contributed by atoms with Gasteiger partial charge in [-0.1, -0.05) is 109 Å². The minimum absolute atomic E-state index is 0. The van der Waals surface area contributed by atoms with E-state index in [1.807, 2.05) is 158 Å². The summed E-state index contributed by atoms with van der Waals surface area (Å²) in [5.41, 5.74) is 7.74. The van der Waals surface area contributed by atoms with E-state index in [2.05, 4.69) is 34.9 Å². The van der Waals surface area contributed by atoms with Crippen molar-refractivity contribution in [3.05, 3.63) is 193 Å². The number of hydrogen-bond donors (Lipinski definition) is 4. The molecule has 0 bridgehead atoms. The molecule has 0 atom stereocenters. The third-order valence-corrected chi connectivity index (χ3v) is 8.10. The van der Waals surface area contributed by atoms with E-state index >= 15 is 0 Å². The number of anilines is 2. The molecule has 7 aromatic carbocycles. The van der Waals surface area contributed by atoms with Crippen molar-refractivity contribution in [2.45, 2.75) is 0 Å². The van der Waals surface area contributed by atoms with Crippen LogP contribution in [0.4, 0.5) is 11.4 Å². The van der Waals surface area contributed by atoms with Crippen LogP contribution in [0.1, 0.15) is 11.1 Å². The van der Waals surface area contributed by atoms with Crippen molar-refractivity contribution >= 4 is 47.9 Å². The Hall–Kier alpha value is -6.34. The van der Waals surface area contributed by atoms with Gasteiger partial charge in [0, 0.05) is 22.5 Å². The van der Waals surface area contributed by atoms with Crippen LogP contribution < -0.4 is 20.1 Å². The third kappa shape index (κ3) is 9.46. The quantitative estimate of drug-likeness (QED) is 0.0835. The summed E-state index contributed by atoms with van der Waals surface area (Å²) >= 11 is 0. The van der Waals surface area contributed by atoms with Gasteiger partial charge in [0.2, 0.25) is 0 Å².